The fourth-order valence-electron chi connectivity index (χ4n) is 7.04. The van der Waals surface area contributed by atoms with E-state index in [0.29, 0.717) is 12.2 Å². The fraction of sp³-hybridized carbons (Fsp3) is 0.708. The minimum Gasteiger partial charge on any atom is -0.377 e. The minimum absolute atomic E-state index is 0.0672. The monoisotopic (exact) mass is 446 g/mol. The summed E-state index contributed by atoms with van der Waals surface area (Å²) in [5.74, 6) is 2.30. The Kier molecular flexibility index (Phi) is 5.64. The van der Waals surface area contributed by atoms with Gasteiger partial charge < -0.3 is 10.1 Å². The van der Waals surface area contributed by atoms with E-state index in [1.807, 2.05) is 0 Å². The highest BCUT2D eigenvalue weighted by molar-refractivity contribution is 7.89. The van der Waals surface area contributed by atoms with Crippen LogP contribution in [0.2, 0.25) is 0 Å². The first-order valence-electron chi connectivity index (χ1n) is 11.9. The molecule has 1 saturated heterocycles. The molecule has 6 nitrogen and oxygen atoms in total. The number of amides is 1. The molecule has 31 heavy (non-hydrogen) atoms. The second-order valence-electron chi connectivity index (χ2n) is 10.5. The van der Waals surface area contributed by atoms with Crippen molar-refractivity contribution in [3.63, 3.8) is 0 Å². The van der Waals surface area contributed by atoms with Crippen LogP contribution in [0, 0.1) is 23.2 Å². The number of rotatable bonds is 7. The topological polar surface area (TPSA) is 84.5 Å². The SMILES string of the molecule is C[C@H](NC(=O)c1cccc(S(=O)(=O)NC[C@H]2CCCO2)c1)C12CC3CC(CC(C3)C1)C2. The third-order valence-electron chi connectivity index (χ3n) is 8.28. The summed E-state index contributed by atoms with van der Waals surface area (Å²) in [6.45, 7) is 3.10. The van der Waals surface area contributed by atoms with Crippen molar-refractivity contribution in [1.82, 2.24) is 10.0 Å². The Balaban J connectivity index is 1.26. The van der Waals surface area contributed by atoms with Gasteiger partial charge in [0.1, 0.15) is 0 Å². The molecule has 0 radical (unpaired) electrons. The fourth-order valence-corrected chi connectivity index (χ4v) is 8.15. The number of carbonyl (C=O) groups is 1. The highest BCUT2D eigenvalue weighted by atomic mass is 32.2. The van der Waals surface area contributed by atoms with Crippen molar-refractivity contribution in [1.29, 1.82) is 0 Å². The Morgan fingerprint density at radius 1 is 1.16 bits per heavy atom. The lowest BCUT2D eigenvalue weighted by Gasteiger charge is -2.59. The maximum atomic E-state index is 13.0. The van der Waals surface area contributed by atoms with Crippen molar-refractivity contribution in [3.8, 4) is 0 Å². The van der Waals surface area contributed by atoms with E-state index in [0.717, 1.165) is 30.6 Å². The van der Waals surface area contributed by atoms with Gasteiger partial charge in [-0.05, 0) is 99.7 Å². The third kappa shape index (κ3) is 4.29. The van der Waals surface area contributed by atoms with Crippen LogP contribution in [0.5, 0.6) is 0 Å². The molecule has 4 aliphatic carbocycles. The van der Waals surface area contributed by atoms with Gasteiger partial charge in [0.25, 0.3) is 5.91 Å². The van der Waals surface area contributed by atoms with Crippen LogP contribution in [-0.4, -0.2) is 39.6 Å². The first kappa shape index (κ1) is 21.4. The molecular formula is C24H34N2O4S. The van der Waals surface area contributed by atoms with Crippen molar-refractivity contribution >= 4 is 15.9 Å². The van der Waals surface area contributed by atoms with Crippen LogP contribution in [0.1, 0.15) is 68.6 Å². The molecule has 170 valence electrons. The van der Waals surface area contributed by atoms with Gasteiger partial charge in [-0.1, -0.05) is 6.07 Å². The average molecular weight is 447 g/mol. The largest absolute Gasteiger partial charge is 0.377 e. The summed E-state index contributed by atoms with van der Waals surface area (Å²) in [6, 6.07) is 6.47. The van der Waals surface area contributed by atoms with E-state index < -0.39 is 10.0 Å². The number of carbonyl (C=O) groups excluding carboxylic acids is 1. The lowest BCUT2D eigenvalue weighted by Crippen LogP contribution is -2.55. The van der Waals surface area contributed by atoms with Crippen molar-refractivity contribution in [2.75, 3.05) is 13.2 Å². The van der Waals surface area contributed by atoms with Crippen LogP contribution in [0.15, 0.2) is 29.2 Å². The van der Waals surface area contributed by atoms with Crippen LogP contribution in [0.25, 0.3) is 0 Å². The second kappa shape index (κ2) is 8.16. The maximum Gasteiger partial charge on any atom is 0.251 e. The third-order valence-corrected chi connectivity index (χ3v) is 9.70. The van der Waals surface area contributed by atoms with Crippen LogP contribution in [0.3, 0.4) is 0 Å². The highest BCUT2D eigenvalue weighted by Crippen LogP contribution is 2.61. The summed E-state index contributed by atoms with van der Waals surface area (Å²) in [5, 5.41) is 3.23. The van der Waals surface area contributed by atoms with Gasteiger partial charge >= 0.3 is 0 Å². The summed E-state index contributed by atoms with van der Waals surface area (Å²) in [7, 11) is -3.68. The summed E-state index contributed by atoms with van der Waals surface area (Å²) < 4.78 is 33.6. The van der Waals surface area contributed by atoms with Crippen LogP contribution in [-0.2, 0) is 14.8 Å². The second-order valence-corrected chi connectivity index (χ2v) is 12.3. The molecular weight excluding hydrogens is 412 g/mol. The van der Waals surface area contributed by atoms with Gasteiger partial charge in [0.15, 0.2) is 0 Å². The predicted octanol–water partition coefficient (Wildman–Crippen LogP) is 3.48. The molecule has 2 atom stereocenters. The van der Waals surface area contributed by atoms with Crippen molar-refractivity contribution in [2.45, 2.75) is 75.3 Å². The molecule has 1 aliphatic heterocycles. The summed E-state index contributed by atoms with van der Waals surface area (Å²) in [6.07, 6.45) is 9.56. The predicted molar refractivity (Wildman–Crippen MR) is 118 cm³/mol. The van der Waals surface area contributed by atoms with Gasteiger partial charge in [-0.2, -0.15) is 0 Å². The van der Waals surface area contributed by atoms with Gasteiger partial charge in [-0.15, -0.1) is 0 Å². The Hall–Kier alpha value is -1.44. The van der Waals surface area contributed by atoms with Crippen molar-refractivity contribution < 1.29 is 17.9 Å². The van der Waals surface area contributed by atoms with Gasteiger partial charge in [0.2, 0.25) is 10.0 Å². The van der Waals surface area contributed by atoms with E-state index in [1.54, 1.807) is 12.1 Å². The standard InChI is InChI=1S/C24H34N2O4S/c1-16(24-12-17-8-18(13-24)10-19(9-17)14-24)26-23(27)20-4-2-6-22(11-20)31(28,29)25-15-21-5-3-7-30-21/h2,4,6,11,16-19,21,25H,3,5,7-10,12-15H2,1H3,(H,26,27)/t16-,17?,18?,19?,21+,24?/m0/s1. The number of nitrogens with one attached hydrogen (secondary N) is 2. The Bertz CT molecular complexity index is 903. The molecule has 1 heterocycles. The van der Waals surface area contributed by atoms with Crippen molar-refractivity contribution in [2.24, 2.45) is 23.2 Å². The summed E-state index contributed by atoms with van der Waals surface area (Å²) >= 11 is 0. The number of sulfonamides is 1. The molecule has 2 N–H and O–H groups in total. The van der Waals surface area contributed by atoms with Crippen molar-refractivity contribution in [3.05, 3.63) is 29.8 Å². The molecule has 0 spiro atoms. The Morgan fingerprint density at radius 3 is 2.45 bits per heavy atom. The average Bonchev–Trinajstić information content (AvgIpc) is 3.25. The smallest absolute Gasteiger partial charge is 0.251 e. The zero-order chi connectivity index (χ0) is 21.6. The Morgan fingerprint density at radius 2 is 1.84 bits per heavy atom. The first-order valence-corrected chi connectivity index (χ1v) is 13.3. The van der Waals surface area contributed by atoms with E-state index >= 15 is 0 Å². The molecule has 1 aromatic carbocycles. The van der Waals surface area contributed by atoms with E-state index in [1.165, 1.54) is 50.7 Å². The number of ether oxygens (including phenoxy) is 1. The quantitative estimate of drug-likeness (QED) is 0.672. The van der Waals surface area contributed by atoms with Gasteiger partial charge in [0, 0.05) is 24.8 Å². The first-order chi connectivity index (χ1) is 14.8. The summed E-state index contributed by atoms with van der Waals surface area (Å²) in [4.78, 5) is 13.2. The molecule has 6 rings (SSSR count). The highest BCUT2D eigenvalue weighted by Gasteiger charge is 2.53. The van der Waals surface area contributed by atoms with Gasteiger partial charge in [-0.25, -0.2) is 13.1 Å². The molecule has 1 amide bonds. The van der Waals surface area contributed by atoms with Crippen LogP contribution < -0.4 is 10.0 Å². The van der Waals surface area contributed by atoms with E-state index in [-0.39, 0.29) is 34.9 Å². The molecule has 5 aliphatic rings. The molecule has 4 bridgehead atoms. The summed E-state index contributed by atoms with van der Waals surface area (Å²) in [5.41, 5.74) is 0.619. The van der Waals surface area contributed by atoms with Gasteiger partial charge in [0.05, 0.1) is 11.0 Å². The zero-order valence-corrected chi connectivity index (χ0v) is 19.1. The van der Waals surface area contributed by atoms with E-state index in [4.69, 9.17) is 4.74 Å². The maximum absolute atomic E-state index is 13.0. The van der Waals surface area contributed by atoms with E-state index in [9.17, 15) is 13.2 Å². The minimum atomic E-state index is -3.68. The lowest BCUT2D eigenvalue weighted by atomic mass is 9.48. The Labute approximate surface area is 185 Å². The molecule has 7 heteroatoms. The molecule has 5 fully saturated rings. The van der Waals surface area contributed by atoms with Gasteiger partial charge in [-0.3, -0.25) is 4.79 Å². The molecule has 1 aromatic rings. The normalized spacial score (nSPS) is 35.3. The molecule has 0 aromatic heterocycles. The molecule has 4 saturated carbocycles. The number of hydrogen-bond donors (Lipinski definition) is 2. The lowest BCUT2D eigenvalue weighted by molar-refractivity contribution is -0.0688. The molecule has 0 unspecified atom stereocenters. The number of hydrogen-bond acceptors (Lipinski definition) is 4. The van der Waals surface area contributed by atoms with Crippen LogP contribution in [0.4, 0.5) is 0 Å². The number of benzene rings is 1. The van der Waals surface area contributed by atoms with E-state index in [2.05, 4.69) is 17.0 Å². The van der Waals surface area contributed by atoms with Crippen LogP contribution >= 0.6 is 0 Å². The zero-order valence-electron chi connectivity index (χ0n) is 18.3.